The zero-order valence-corrected chi connectivity index (χ0v) is 27.5. The molecule has 2 saturated heterocycles. The van der Waals surface area contributed by atoms with Gasteiger partial charge in [0, 0.05) is 18.5 Å². The van der Waals surface area contributed by atoms with Crippen molar-refractivity contribution in [2.75, 3.05) is 13.2 Å². The highest BCUT2D eigenvalue weighted by molar-refractivity contribution is 7.61. The molecular weight excluding hydrogens is 741 g/mol. The van der Waals surface area contributed by atoms with Crippen molar-refractivity contribution in [3.63, 3.8) is 0 Å². The van der Waals surface area contributed by atoms with E-state index in [0.717, 1.165) is 10.8 Å². The number of carboxylic acid groups (broad SMARTS) is 1. The second-order valence-electron chi connectivity index (χ2n) is 10.8. The predicted octanol–water partition coefficient (Wildman–Crippen LogP) is -1.63. The fourth-order valence-corrected chi connectivity index (χ4v) is 7.93. The largest absolute Gasteiger partial charge is 0.481 e. The second kappa shape index (κ2) is 13.8. The van der Waals surface area contributed by atoms with Crippen LogP contribution in [0, 0.1) is 0 Å². The topological polar surface area (TPSA) is 337 Å². The van der Waals surface area contributed by atoms with E-state index < -0.39 is 91.7 Å². The first-order valence-corrected chi connectivity index (χ1v) is 18.6. The quantitative estimate of drug-likeness (QED) is 0.0559. The van der Waals surface area contributed by atoms with Crippen LogP contribution in [0.1, 0.15) is 22.8 Å². The van der Waals surface area contributed by atoms with E-state index in [2.05, 4.69) is 23.8 Å². The maximum Gasteiger partial charge on any atom is 0.481 e. The van der Waals surface area contributed by atoms with Gasteiger partial charge in [-0.05, 0) is 6.07 Å². The summed E-state index contributed by atoms with van der Waals surface area (Å²) in [6, 6.07) is 2.59. The van der Waals surface area contributed by atoms with Crippen LogP contribution in [-0.4, -0.2) is 120 Å². The van der Waals surface area contributed by atoms with Gasteiger partial charge in [0.25, 0.3) is 6.23 Å². The van der Waals surface area contributed by atoms with Gasteiger partial charge in [0.1, 0.15) is 42.4 Å². The molecule has 8 N–H and O–H groups in total. The summed E-state index contributed by atoms with van der Waals surface area (Å²) in [5.41, 5.74) is 0.523. The van der Waals surface area contributed by atoms with E-state index in [0.29, 0.717) is 5.65 Å². The molecule has 27 heteroatoms. The van der Waals surface area contributed by atoms with Crippen LogP contribution >= 0.6 is 23.5 Å². The molecule has 0 spiro atoms. The Morgan fingerprint density at radius 2 is 1.58 bits per heavy atom. The third-order valence-corrected chi connectivity index (χ3v) is 10.6. The van der Waals surface area contributed by atoms with Gasteiger partial charge < -0.3 is 49.5 Å². The number of carboxylic acids is 1. The first-order valence-electron chi connectivity index (χ1n) is 14.1. The van der Waals surface area contributed by atoms with Crippen molar-refractivity contribution in [2.45, 2.75) is 49.1 Å². The Morgan fingerprint density at radius 3 is 2.24 bits per heavy atom. The molecule has 10 atom stereocenters. The van der Waals surface area contributed by atoms with Crippen LogP contribution in [0.25, 0.3) is 16.8 Å². The molecule has 2 fully saturated rings. The average Bonchev–Trinajstić information content (AvgIpc) is 3.80. The Kier molecular flexibility index (Phi) is 10.1. The van der Waals surface area contributed by atoms with Gasteiger partial charge in [0.05, 0.1) is 19.5 Å². The van der Waals surface area contributed by atoms with E-state index in [1.165, 1.54) is 46.1 Å². The smallest absolute Gasteiger partial charge is 0.477 e. The standard InChI is InChI=1S/C23H27N6O18P3/c30-15-12(44-21(17(15)32)27-4-1-2-11(6-27)23(33)34)7-42-49(38,39)47-50(40,41)43-8-13-16(31)18(46-48(35,36)37)22(45-13)29-10-25-14-19-24-3-5-28(19)9-26-20(14)29/h1-6,9-10,12-13,15-18,21-22,30-32H,7-8H2,(H4-,33,34,35,36,37,38,39,40,41)/p+1/t12-,13-,15-,16-,17-,18-,21-,22-/m1/s1. The molecule has 2 unspecified atom stereocenters. The van der Waals surface area contributed by atoms with E-state index in [1.807, 2.05) is 0 Å². The first kappa shape index (κ1) is 36.7. The molecule has 24 nitrogen and oxygen atoms in total. The lowest BCUT2D eigenvalue weighted by atomic mass is 10.1. The van der Waals surface area contributed by atoms with E-state index in [4.69, 9.17) is 18.5 Å². The van der Waals surface area contributed by atoms with Crippen molar-refractivity contribution in [2.24, 2.45) is 0 Å². The molecule has 2 aliphatic rings. The van der Waals surface area contributed by atoms with Gasteiger partial charge in [0.2, 0.25) is 0 Å². The number of aliphatic hydroxyl groups excluding tert-OH is 3. The summed E-state index contributed by atoms with van der Waals surface area (Å²) in [6.07, 6.45) is -5.21. The van der Waals surface area contributed by atoms with Crippen LogP contribution in [0.5, 0.6) is 0 Å². The summed E-state index contributed by atoms with van der Waals surface area (Å²) in [5.74, 6) is -1.29. The number of phosphoric ester groups is 3. The Labute approximate surface area is 278 Å². The molecule has 0 bridgehead atoms. The van der Waals surface area contributed by atoms with E-state index in [1.54, 1.807) is 6.20 Å². The minimum Gasteiger partial charge on any atom is -0.477 e. The van der Waals surface area contributed by atoms with Crippen LogP contribution < -0.4 is 4.57 Å². The molecule has 2 aliphatic heterocycles. The van der Waals surface area contributed by atoms with Crippen LogP contribution in [0.3, 0.4) is 0 Å². The van der Waals surface area contributed by atoms with Gasteiger partial charge in [0.15, 0.2) is 41.5 Å². The van der Waals surface area contributed by atoms with Crippen molar-refractivity contribution in [1.82, 2.24) is 23.9 Å². The summed E-state index contributed by atoms with van der Waals surface area (Å²) >= 11 is 0. The minimum absolute atomic E-state index is 0.0962. The number of nitrogens with zero attached hydrogens (tertiary/aromatic N) is 6. The number of aromatic carboxylic acids is 1. The SMILES string of the molecule is O=C(O)c1ccc[n+]([C@@H]2O[C@H](COP(=O)(O)OP(=O)(O)OC[C@H]3O[C@@H](n4cnc5c4ncn4ccnc54)[C@H](OP(=O)(O)O)[C@@H]3O)[C@@H](O)[C@H]2O)c1. The normalized spacial score (nSPS) is 29.7. The van der Waals surface area contributed by atoms with Crippen LogP contribution in [0.2, 0.25) is 0 Å². The number of imidazole rings is 2. The van der Waals surface area contributed by atoms with Gasteiger partial charge >= 0.3 is 29.4 Å². The molecule has 0 aromatic carbocycles. The lowest BCUT2D eigenvalue weighted by Crippen LogP contribution is -2.46. The third-order valence-electron chi connectivity index (χ3n) is 7.51. The monoisotopic (exact) mass is 769 g/mol. The Hall–Kier alpha value is -3.12. The molecule has 50 heavy (non-hydrogen) atoms. The molecule has 0 amide bonds. The number of carbonyl (C=O) groups is 1. The van der Waals surface area contributed by atoms with Gasteiger partial charge in [-0.15, -0.1) is 0 Å². The number of hydrogen-bond donors (Lipinski definition) is 8. The number of aromatic nitrogens is 6. The van der Waals surface area contributed by atoms with Gasteiger partial charge in [-0.3, -0.25) is 22.5 Å². The zero-order chi connectivity index (χ0) is 36.2. The highest BCUT2D eigenvalue weighted by atomic mass is 31.3. The first-order chi connectivity index (χ1) is 23.4. The highest BCUT2D eigenvalue weighted by Crippen LogP contribution is 2.61. The number of hydrogen-bond acceptors (Lipinski definition) is 16. The zero-order valence-electron chi connectivity index (χ0n) is 24.8. The molecule has 4 aromatic heterocycles. The molecule has 4 aromatic rings. The van der Waals surface area contributed by atoms with Crippen molar-refractivity contribution in [3.05, 3.63) is 55.1 Å². The molecule has 0 aliphatic carbocycles. The van der Waals surface area contributed by atoms with E-state index >= 15 is 0 Å². The molecule has 6 heterocycles. The predicted molar refractivity (Wildman–Crippen MR) is 155 cm³/mol. The maximum absolute atomic E-state index is 12.6. The minimum atomic E-state index is -5.54. The van der Waals surface area contributed by atoms with Gasteiger partial charge in [-0.1, -0.05) is 0 Å². The van der Waals surface area contributed by atoms with Crippen LogP contribution in [0.4, 0.5) is 0 Å². The number of rotatable bonds is 13. The summed E-state index contributed by atoms with van der Waals surface area (Å²) in [7, 11) is -16.3. The second-order valence-corrected chi connectivity index (χ2v) is 15.1. The van der Waals surface area contributed by atoms with Gasteiger partial charge in [-0.2, -0.15) is 8.88 Å². The van der Waals surface area contributed by atoms with Crippen molar-refractivity contribution in [3.8, 4) is 0 Å². The Balaban J connectivity index is 1.09. The lowest BCUT2D eigenvalue weighted by Gasteiger charge is -2.22. The lowest BCUT2D eigenvalue weighted by molar-refractivity contribution is -0.765. The van der Waals surface area contributed by atoms with Crippen molar-refractivity contribution >= 4 is 46.2 Å². The van der Waals surface area contributed by atoms with E-state index in [-0.39, 0.29) is 16.7 Å². The number of ether oxygens (including phenoxy) is 2. The van der Waals surface area contributed by atoms with Crippen molar-refractivity contribution < 1.29 is 90.4 Å². The molecule has 0 radical (unpaired) electrons. The number of aliphatic hydroxyl groups is 3. The van der Waals surface area contributed by atoms with Crippen LogP contribution in [-0.2, 0) is 41.1 Å². The number of fused-ring (bicyclic) bond motifs is 3. The summed E-state index contributed by atoms with van der Waals surface area (Å²) in [4.78, 5) is 63.0. The third kappa shape index (κ3) is 7.71. The van der Waals surface area contributed by atoms with E-state index in [9.17, 15) is 58.5 Å². The molecule has 0 saturated carbocycles. The average molecular weight is 769 g/mol. The summed E-state index contributed by atoms with van der Waals surface area (Å²) in [5, 5.41) is 40.8. The highest BCUT2D eigenvalue weighted by Gasteiger charge is 2.51. The van der Waals surface area contributed by atoms with Gasteiger partial charge in [-0.25, -0.2) is 33.4 Å². The summed E-state index contributed by atoms with van der Waals surface area (Å²) in [6.45, 7) is -2.05. The van der Waals surface area contributed by atoms with Crippen LogP contribution in [0.15, 0.2) is 49.6 Å². The molecule has 6 rings (SSSR count). The number of phosphoric acid groups is 3. The Morgan fingerprint density at radius 1 is 0.900 bits per heavy atom. The van der Waals surface area contributed by atoms with Crippen molar-refractivity contribution in [1.29, 1.82) is 0 Å². The number of pyridine rings is 1. The summed E-state index contributed by atoms with van der Waals surface area (Å²) < 4.78 is 70.3. The maximum atomic E-state index is 12.6. The fraction of sp³-hybridized carbons (Fsp3) is 0.435. The molecular formula is C23H28N6O18P3+. The Bertz CT molecular complexity index is 2040. The fourth-order valence-electron chi connectivity index (χ4n) is 5.29. The molecule has 272 valence electrons.